The van der Waals surface area contributed by atoms with E-state index in [9.17, 15) is 4.79 Å². The topological polar surface area (TPSA) is 32.9 Å². The van der Waals surface area contributed by atoms with Gasteiger partial charge in [-0.2, -0.15) is 0 Å². The summed E-state index contributed by atoms with van der Waals surface area (Å²) in [7, 11) is 0. The summed E-state index contributed by atoms with van der Waals surface area (Å²) in [5.41, 5.74) is 2.88. The second kappa shape index (κ2) is 3.24. The van der Waals surface area contributed by atoms with Crippen LogP contribution in [0.4, 0.5) is 0 Å². The molecule has 0 unspecified atom stereocenters. The lowest BCUT2D eigenvalue weighted by atomic mass is 10.1. The van der Waals surface area contributed by atoms with Crippen molar-refractivity contribution in [2.45, 2.75) is 13.8 Å². The third kappa shape index (κ3) is 1.28. The Hall–Kier alpha value is -1.09. The van der Waals surface area contributed by atoms with Gasteiger partial charge in [0, 0.05) is 27.1 Å². The molecule has 3 heteroatoms. The number of rotatable bonds is 1. The van der Waals surface area contributed by atoms with Gasteiger partial charge in [-0.05, 0) is 41.4 Å². The fourth-order valence-corrected chi connectivity index (χ4v) is 2.12. The SMILES string of the molecule is CC(=O)c1c[nH]c2ccc(C)c(Br)c12. The lowest BCUT2D eigenvalue weighted by Gasteiger charge is -2.00. The summed E-state index contributed by atoms with van der Waals surface area (Å²) >= 11 is 3.51. The van der Waals surface area contributed by atoms with Crippen LogP contribution in [0.5, 0.6) is 0 Å². The van der Waals surface area contributed by atoms with E-state index in [2.05, 4.69) is 20.9 Å². The molecular weight excluding hydrogens is 242 g/mol. The number of carbonyl (C=O) groups excluding carboxylic acids is 1. The Morgan fingerprint density at radius 2 is 2.14 bits per heavy atom. The number of ketones is 1. The largest absolute Gasteiger partial charge is 0.360 e. The highest BCUT2D eigenvalue weighted by atomic mass is 79.9. The molecule has 0 atom stereocenters. The van der Waals surface area contributed by atoms with E-state index in [4.69, 9.17) is 0 Å². The number of aromatic amines is 1. The van der Waals surface area contributed by atoms with Crippen molar-refractivity contribution in [3.63, 3.8) is 0 Å². The van der Waals surface area contributed by atoms with Crippen molar-refractivity contribution in [3.8, 4) is 0 Å². The minimum absolute atomic E-state index is 0.0857. The quantitative estimate of drug-likeness (QED) is 0.775. The molecule has 0 aliphatic heterocycles. The Morgan fingerprint density at radius 3 is 2.79 bits per heavy atom. The molecule has 2 rings (SSSR count). The first-order valence-electron chi connectivity index (χ1n) is 4.38. The predicted molar refractivity (Wildman–Crippen MR) is 60.7 cm³/mol. The van der Waals surface area contributed by atoms with Gasteiger partial charge < -0.3 is 4.98 Å². The number of carbonyl (C=O) groups is 1. The number of halogens is 1. The van der Waals surface area contributed by atoms with Crippen molar-refractivity contribution in [2.24, 2.45) is 0 Å². The van der Waals surface area contributed by atoms with E-state index in [0.29, 0.717) is 0 Å². The van der Waals surface area contributed by atoms with Crippen LogP contribution in [0.25, 0.3) is 10.9 Å². The molecule has 1 aromatic heterocycles. The molecule has 0 saturated carbocycles. The molecule has 0 amide bonds. The molecule has 14 heavy (non-hydrogen) atoms. The van der Waals surface area contributed by atoms with Crippen molar-refractivity contribution in [1.29, 1.82) is 0 Å². The monoisotopic (exact) mass is 251 g/mol. The number of H-pyrrole nitrogens is 1. The van der Waals surface area contributed by atoms with Crippen molar-refractivity contribution in [2.75, 3.05) is 0 Å². The van der Waals surface area contributed by atoms with E-state index < -0.39 is 0 Å². The molecule has 72 valence electrons. The van der Waals surface area contributed by atoms with Gasteiger partial charge in [0.25, 0.3) is 0 Å². The average Bonchev–Trinajstić information content (AvgIpc) is 2.55. The van der Waals surface area contributed by atoms with Crippen LogP contribution in [-0.4, -0.2) is 10.8 Å². The molecule has 1 heterocycles. The Morgan fingerprint density at radius 1 is 1.43 bits per heavy atom. The highest BCUT2D eigenvalue weighted by Crippen LogP contribution is 2.30. The van der Waals surface area contributed by atoms with Gasteiger partial charge in [-0.15, -0.1) is 0 Å². The van der Waals surface area contributed by atoms with Crippen LogP contribution in [0.3, 0.4) is 0 Å². The molecule has 0 spiro atoms. The molecule has 2 nitrogen and oxygen atoms in total. The molecule has 0 aliphatic rings. The van der Waals surface area contributed by atoms with Crippen LogP contribution in [0.15, 0.2) is 22.8 Å². The molecule has 1 N–H and O–H groups in total. The van der Waals surface area contributed by atoms with Gasteiger partial charge in [0.1, 0.15) is 0 Å². The van der Waals surface area contributed by atoms with Crippen LogP contribution >= 0.6 is 15.9 Å². The van der Waals surface area contributed by atoms with Crippen LogP contribution in [-0.2, 0) is 0 Å². The molecule has 2 aromatic rings. The van der Waals surface area contributed by atoms with Gasteiger partial charge >= 0.3 is 0 Å². The van der Waals surface area contributed by atoms with Gasteiger partial charge in [-0.3, -0.25) is 4.79 Å². The third-order valence-corrected chi connectivity index (χ3v) is 3.38. The smallest absolute Gasteiger partial charge is 0.161 e. The van der Waals surface area contributed by atoms with Crippen molar-refractivity contribution < 1.29 is 4.79 Å². The maximum atomic E-state index is 11.3. The van der Waals surface area contributed by atoms with E-state index in [1.807, 2.05) is 19.1 Å². The van der Waals surface area contributed by atoms with E-state index >= 15 is 0 Å². The first kappa shape index (κ1) is 9.46. The normalized spacial score (nSPS) is 10.8. The highest BCUT2D eigenvalue weighted by Gasteiger charge is 2.11. The summed E-state index contributed by atoms with van der Waals surface area (Å²) in [5.74, 6) is 0.0857. The molecule has 0 saturated heterocycles. The Balaban J connectivity index is 2.89. The van der Waals surface area contributed by atoms with Gasteiger partial charge in [0.2, 0.25) is 0 Å². The summed E-state index contributed by atoms with van der Waals surface area (Å²) < 4.78 is 1.00. The first-order valence-corrected chi connectivity index (χ1v) is 5.17. The maximum Gasteiger partial charge on any atom is 0.161 e. The zero-order valence-corrected chi connectivity index (χ0v) is 9.60. The lowest BCUT2D eigenvalue weighted by Crippen LogP contribution is -1.90. The molecule has 0 aliphatic carbocycles. The van der Waals surface area contributed by atoms with Crippen molar-refractivity contribution in [3.05, 3.63) is 33.9 Å². The number of hydrogen-bond donors (Lipinski definition) is 1. The lowest BCUT2D eigenvalue weighted by molar-refractivity contribution is 0.101. The Kier molecular flexibility index (Phi) is 2.19. The zero-order chi connectivity index (χ0) is 10.3. The number of benzene rings is 1. The molecule has 0 bridgehead atoms. The number of hydrogen-bond acceptors (Lipinski definition) is 1. The third-order valence-electron chi connectivity index (χ3n) is 2.36. The van der Waals surface area contributed by atoms with Crippen LogP contribution in [0.1, 0.15) is 22.8 Å². The summed E-state index contributed by atoms with van der Waals surface area (Å²) in [6, 6.07) is 4.01. The maximum absolute atomic E-state index is 11.3. The summed E-state index contributed by atoms with van der Waals surface area (Å²) in [6.45, 7) is 3.60. The van der Waals surface area contributed by atoms with Crippen molar-refractivity contribution >= 4 is 32.6 Å². The van der Waals surface area contributed by atoms with E-state index in [1.54, 1.807) is 13.1 Å². The fraction of sp³-hybridized carbons (Fsp3) is 0.182. The van der Waals surface area contributed by atoms with E-state index in [-0.39, 0.29) is 5.78 Å². The van der Waals surface area contributed by atoms with E-state index in [0.717, 1.165) is 26.5 Å². The second-order valence-corrected chi connectivity index (χ2v) is 4.17. The molecule has 0 radical (unpaired) electrons. The fourth-order valence-electron chi connectivity index (χ4n) is 1.56. The van der Waals surface area contributed by atoms with Gasteiger partial charge in [-0.1, -0.05) is 6.07 Å². The average molecular weight is 252 g/mol. The number of aryl methyl sites for hydroxylation is 1. The Labute approximate surface area is 90.4 Å². The molecule has 1 aromatic carbocycles. The highest BCUT2D eigenvalue weighted by molar-refractivity contribution is 9.10. The summed E-state index contributed by atoms with van der Waals surface area (Å²) in [5, 5.41) is 0.984. The van der Waals surface area contributed by atoms with Gasteiger partial charge in [0.05, 0.1) is 0 Å². The minimum Gasteiger partial charge on any atom is -0.360 e. The zero-order valence-electron chi connectivity index (χ0n) is 8.02. The second-order valence-electron chi connectivity index (χ2n) is 3.38. The van der Waals surface area contributed by atoms with Gasteiger partial charge in [-0.25, -0.2) is 0 Å². The number of nitrogens with one attached hydrogen (secondary N) is 1. The van der Waals surface area contributed by atoms with Crippen LogP contribution in [0.2, 0.25) is 0 Å². The minimum atomic E-state index is 0.0857. The molecular formula is C11H10BrNO. The first-order chi connectivity index (χ1) is 6.61. The number of aromatic nitrogens is 1. The summed E-state index contributed by atoms with van der Waals surface area (Å²) in [4.78, 5) is 14.4. The van der Waals surface area contributed by atoms with Gasteiger partial charge in [0.15, 0.2) is 5.78 Å². The standard InChI is InChI=1S/C11H10BrNO/c1-6-3-4-9-10(11(6)12)8(5-13-9)7(2)14/h3-5,13H,1-2H3. The molecule has 0 fully saturated rings. The van der Waals surface area contributed by atoms with Crippen molar-refractivity contribution in [1.82, 2.24) is 4.98 Å². The van der Waals surface area contributed by atoms with Crippen LogP contribution < -0.4 is 0 Å². The Bertz CT molecular complexity index is 513. The predicted octanol–water partition coefficient (Wildman–Crippen LogP) is 3.44. The number of fused-ring (bicyclic) bond motifs is 1. The van der Waals surface area contributed by atoms with Crippen LogP contribution in [0, 0.1) is 6.92 Å². The van der Waals surface area contributed by atoms with E-state index in [1.165, 1.54) is 0 Å². The summed E-state index contributed by atoms with van der Waals surface area (Å²) in [6.07, 6.45) is 1.76. The number of Topliss-reactive ketones (excluding diaryl/α,β-unsaturated/α-hetero) is 1.